The van der Waals surface area contributed by atoms with Crippen LogP contribution >= 0.6 is 0 Å². The molecule has 0 aliphatic heterocycles. The molecule has 0 aliphatic carbocycles. The molecular weight excluding hydrogens is 144 g/mol. The Hall–Kier alpha value is -0.120. The first kappa shape index (κ1) is 10.9. The predicted molar refractivity (Wildman–Crippen MR) is 42.9 cm³/mol. The maximum Gasteiger partial charge on any atom is 0.0593 e. The van der Waals surface area contributed by atoms with Crippen LogP contribution in [-0.2, 0) is 0 Å². The second-order valence-electron chi connectivity index (χ2n) is 2.53. The molecule has 0 aromatic carbocycles. The minimum atomic E-state index is -0.487. The largest absolute Gasteiger partial charge is 0.396 e. The van der Waals surface area contributed by atoms with Gasteiger partial charge in [0.25, 0.3) is 0 Å². The Kier molecular flexibility index (Phi) is 7.89. The minimum absolute atomic E-state index is 0.0255. The van der Waals surface area contributed by atoms with E-state index >= 15 is 0 Å². The van der Waals surface area contributed by atoms with Crippen molar-refractivity contribution in [2.24, 2.45) is 0 Å². The Morgan fingerprint density at radius 1 is 1.09 bits per heavy atom. The lowest BCUT2D eigenvalue weighted by atomic mass is 10.1. The standard InChI is InChI=1S/C8H17O3/c9-6-3-1-2-4-8(11)5-7-10/h4,8-11H,1-3,5-7H2. The highest BCUT2D eigenvalue weighted by molar-refractivity contribution is 4.74. The van der Waals surface area contributed by atoms with Crippen molar-refractivity contribution in [3.8, 4) is 0 Å². The van der Waals surface area contributed by atoms with Crippen molar-refractivity contribution < 1.29 is 15.3 Å². The predicted octanol–water partition coefficient (Wildman–Crippen LogP) is 0.0966. The van der Waals surface area contributed by atoms with Gasteiger partial charge in [-0.25, -0.2) is 0 Å². The maximum atomic E-state index is 9.07. The first-order valence-corrected chi connectivity index (χ1v) is 4.04. The Morgan fingerprint density at radius 2 is 1.82 bits per heavy atom. The number of aliphatic hydroxyl groups excluding tert-OH is 3. The van der Waals surface area contributed by atoms with Crippen molar-refractivity contribution in [1.29, 1.82) is 0 Å². The SMILES string of the molecule is OCCCC[CH]C(O)CCO. The quantitative estimate of drug-likeness (QED) is 0.464. The van der Waals surface area contributed by atoms with Crippen LogP contribution in [0.25, 0.3) is 0 Å². The summed E-state index contributed by atoms with van der Waals surface area (Å²) in [6.45, 7) is 0.238. The summed E-state index contributed by atoms with van der Waals surface area (Å²) in [4.78, 5) is 0. The van der Waals surface area contributed by atoms with Crippen LogP contribution in [0.5, 0.6) is 0 Å². The highest BCUT2D eigenvalue weighted by Gasteiger charge is 2.01. The van der Waals surface area contributed by atoms with Crippen LogP contribution in [0.3, 0.4) is 0 Å². The summed E-state index contributed by atoms with van der Waals surface area (Å²) in [5, 5.41) is 25.9. The van der Waals surface area contributed by atoms with Crippen molar-refractivity contribution in [1.82, 2.24) is 0 Å². The number of hydrogen-bond donors (Lipinski definition) is 3. The molecule has 0 aromatic rings. The molecule has 0 amide bonds. The lowest BCUT2D eigenvalue weighted by molar-refractivity contribution is 0.154. The molecule has 0 saturated heterocycles. The van der Waals surface area contributed by atoms with E-state index in [1.165, 1.54) is 0 Å². The first-order chi connectivity index (χ1) is 5.31. The second kappa shape index (κ2) is 7.98. The Labute approximate surface area is 67.7 Å². The molecule has 3 nitrogen and oxygen atoms in total. The molecule has 0 rings (SSSR count). The minimum Gasteiger partial charge on any atom is -0.396 e. The van der Waals surface area contributed by atoms with E-state index in [9.17, 15) is 0 Å². The van der Waals surface area contributed by atoms with Gasteiger partial charge in [0, 0.05) is 13.2 Å². The van der Waals surface area contributed by atoms with Crippen molar-refractivity contribution in [3.63, 3.8) is 0 Å². The zero-order chi connectivity index (χ0) is 8.53. The van der Waals surface area contributed by atoms with Crippen LogP contribution in [0.1, 0.15) is 25.7 Å². The molecule has 3 heteroatoms. The van der Waals surface area contributed by atoms with Crippen molar-refractivity contribution >= 4 is 0 Å². The number of aliphatic hydroxyl groups is 3. The summed E-state index contributed by atoms with van der Waals surface area (Å²) in [5.41, 5.74) is 0. The van der Waals surface area contributed by atoms with E-state index < -0.39 is 6.10 Å². The third-order valence-corrected chi connectivity index (χ3v) is 1.48. The Bertz CT molecular complexity index is 75.7. The van der Waals surface area contributed by atoms with E-state index in [2.05, 4.69) is 0 Å². The molecule has 0 saturated carbocycles. The van der Waals surface area contributed by atoms with Gasteiger partial charge in [0.15, 0.2) is 0 Å². The van der Waals surface area contributed by atoms with Crippen molar-refractivity contribution in [2.75, 3.05) is 13.2 Å². The molecular formula is C8H17O3. The highest BCUT2D eigenvalue weighted by Crippen LogP contribution is 2.04. The smallest absolute Gasteiger partial charge is 0.0593 e. The average Bonchev–Trinajstić information content (AvgIpc) is 1.99. The summed E-state index contributed by atoms with van der Waals surface area (Å²) >= 11 is 0. The van der Waals surface area contributed by atoms with Gasteiger partial charge in [0.2, 0.25) is 0 Å². The van der Waals surface area contributed by atoms with Crippen LogP contribution < -0.4 is 0 Å². The molecule has 0 aliphatic rings. The zero-order valence-corrected chi connectivity index (χ0v) is 6.74. The van der Waals surface area contributed by atoms with Gasteiger partial charge in [-0.15, -0.1) is 0 Å². The van der Waals surface area contributed by atoms with Gasteiger partial charge >= 0.3 is 0 Å². The molecule has 1 atom stereocenters. The number of unbranched alkanes of at least 4 members (excludes halogenated alkanes) is 2. The van der Waals surface area contributed by atoms with Gasteiger partial charge in [0.05, 0.1) is 6.10 Å². The molecule has 3 N–H and O–H groups in total. The van der Waals surface area contributed by atoms with E-state index in [-0.39, 0.29) is 13.2 Å². The molecule has 0 fully saturated rings. The van der Waals surface area contributed by atoms with Gasteiger partial charge in [0.1, 0.15) is 0 Å². The van der Waals surface area contributed by atoms with Crippen molar-refractivity contribution in [3.05, 3.63) is 6.42 Å². The lowest BCUT2D eigenvalue weighted by Crippen LogP contribution is -2.09. The van der Waals surface area contributed by atoms with E-state index in [1.54, 1.807) is 6.42 Å². The molecule has 67 valence electrons. The summed E-state index contributed by atoms with van der Waals surface area (Å²) in [7, 11) is 0. The molecule has 0 bridgehead atoms. The van der Waals surface area contributed by atoms with Crippen LogP contribution in [0.15, 0.2) is 0 Å². The van der Waals surface area contributed by atoms with E-state index in [0.29, 0.717) is 6.42 Å². The van der Waals surface area contributed by atoms with Crippen molar-refractivity contribution in [2.45, 2.75) is 31.8 Å². The molecule has 0 spiro atoms. The summed E-state index contributed by atoms with van der Waals surface area (Å²) in [6, 6.07) is 0. The highest BCUT2D eigenvalue weighted by atomic mass is 16.3. The molecule has 11 heavy (non-hydrogen) atoms. The van der Waals surface area contributed by atoms with Gasteiger partial charge in [-0.3, -0.25) is 0 Å². The fourth-order valence-electron chi connectivity index (χ4n) is 0.817. The monoisotopic (exact) mass is 161 g/mol. The molecule has 1 unspecified atom stereocenters. The zero-order valence-electron chi connectivity index (χ0n) is 6.74. The summed E-state index contributed by atoms with van der Waals surface area (Å²) in [6.07, 6.45) is 4.19. The fourth-order valence-corrected chi connectivity index (χ4v) is 0.817. The number of rotatable bonds is 7. The molecule has 0 aromatic heterocycles. The van der Waals surface area contributed by atoms with Gasteiger partial charge in [-0.2, -0.15) is 0 Å². The maximum absolute atomic E-state index is 9.07. The second-order valence-corrected chi connectivity index (χ2v) is 2.53. The number of hydrogen-bond acceptors (Lipinski definition) is 3. The third-order valence-electron chi connectivity index (χ3n) is 1.48. The Morgan fingerprint density at radius 3 is 2.36 bits per heavy atom. The van der Waals surface area contributed by atoms with E-state index in [4.69, 9.17) is 15.3 Å². The van der Waals surface area contributed by atoms with Crippen LogP contribution in [0, 0.1) is 6.42 Å². The summed E-state index contributed by atoms with van der Waals surface area (Å²) < 4.78 is 0. The Balaban J connectivity index is 2.97. The van der Waals surface area contributed by atoms with Crippen LogP contribution in [-0.4, -0.2) is 34.6 Å². The molecule has 0 heterocycles. The van der Waals surface area contributed by atoms with Crippen LogP contribution in [0.4, 0.5) is 0 Å². The van der Waals surface area contributed by atoms with Gasteiger partial charge in [-0.05, 0) is 25.7 Å². The fraction of sp³-hybridized carbons (Fsp3) is 0.875. The normalized spacial score (nSPS) is 13.4. The summed E-state index contributed by atoms with van der Waals surface area (Å²) in [5.74, 6) is 0. The lowest BCUT2D eigenvalue weighted by Gasteiger charge is -2.06. The molecule has 1 radical (unpaired) electrons. The topological polar surface area (TPSA) is 60.7 Å². The van der Waals surface area contributed by atoms with E-state index in [0.717, 1.165) is 19.3 Å². The van der Waals surface area contributed by atoms with Gasteiger partial charge in [-0.1, -0.05) is 6.42 Å². The van der Waals surface area contributed by atoms with Crippen LogP contribution in [0.2, 0.25) is 0 Å². The average molecular weight is 161 g/mol. The first-order valence-electron chi connectivity index (χ1n) is 4.04. The van der Waals surface area contributed by atoms with E-state index in [1.807, 2.05) is 0 Å². The van der Waals surface area contributed by atoms with Gasteiger partial charge < -0.3 is 15.3 Å². The third kappa shape index (κ3) is 7.78.